The molecule has 0 fully saturated rings. The van der Waals surface area contributed by atoms with Gasteiger partial charge in [-0.15, -0.1) is 0 Å². The molecule has 0 aliphatic heterocycles. The van der Waals surface area contributed by atoms with Gasteiger partial charge in [-0.1, -0.05) is 68.7 Å². The van der Waals surface area contributed by atoms with E-state index in [1.165, 1.54) is 11.1 Å². The van der Waals surface area contributed by atoms with E-state index in [1.54, 1.807) is 0 Å². The molecule has 1 unspecified atom stereocenters. The van der Waals surface area contributed by atoms with Crippen LogP contribution in [0, 0.1) is 5.92 Å². The van der Waals surface area contributed by atoms with Gasteiger partial charge in [-0.05, 0) is 77.8 Å². The first-order valence-electron chi connectivity index (χ1n) is 10.6. The molecular weight excluding hydrogens is 352 g/mol. The Morgan fingerprint density at radius 1 is 0.931 bits per heavy atom. The highest BCUT2D eigenvalue weighted by atomic mass is 15.0. The maximum Gasteiger partial charge on any atom is 0.0566 e. The highest BCUT2D eigenvalue weighted by molar-refractivity contribution is 5.33. The third-order valence-electron chi connectivity index (χ3n) is 5.46. The molecule has 1 atom stereocenters. The van der Waals surface area contributed by atoms with Crippen LogP contribution in [0.2, 0.25) is 0 Å². The van der Waals surface area contributed by atoms with E-state index in [-0.39, 0.29) is 11.1 Å². The zero-order valence-electron chi connectivity index (χ0n) is 19.8. The van der Waals surface area contributed by atoms with Crippen molar-refractivity contribution in [2.75, 3.05) is 0 Å². The highest BCUT2D eigenvalue weighted by Crippen LogP contribution is 2.29. The number of hydrogen-bond acceptors (Lipinski definition) is 2. The lowest BCUT2D eigenvalue weighted by molar-refractivity contribution is 0.412. The summed E-state index contributed by atoms with van der Waals surface area (Å²) in [6.45, 7) is 31.5. The van der Waals surface area contributed by atoms with E-state index in [9.17, 15) is 0 Å². The minimum Gasteiger partial charge on any atom is -0.380 e. The Balaban J connectivity index is 2.80. The van der Waals surface area contributed by atoms with Gasteiger partial charge in [0.15, 0.2) is 0 Å². The van der Waals surface area contributed by atoms with E-state index < -0.39 is 0 Å². The van der Waals surface area contributed by atoms with Crippen molar-refractivity contribution < 1.29 is 0 Å². The summed E-state index contributed by atoms with van der Waals surface area (Å²) in [4.78, 5) is 0. The molecule has 0 bridgehead atoms. The van der Waals surface area contributed by atoms with Crippen LogP contribution < -0.4 is 10.6 Å². The molecule has 0 saturated heterocycles. The molecule has 2 heteroatoms. The van der Waals surface area contributed by atoms with Crippen LogP contribution in [-0.2, 0) is 11.1 Å². The monoisotopic (exact) mass is 394 g/mol. The second-order valence-corrected chi connectivity index (χ2v) is 9.70. The summed E-state index contributed by atoms with van der Waals surface area (Å²) in [5.74, 6) is 0.548. The maximum atomic E-state index is 4.30. The van der Waals surface area contributed by atoms with Crippen molar-refractivity contribution >= 4 is 0 Å². The molecule has 1 aromatic rings. The van der Waals surface area contributed by atoms with Gasteiger partial charge in [-0.3, -0.25) is 0 Å². The van der Waals surface area contributed by atoms with Gasteiger partial charge in [0, 0.05) is 11.4 Å². The topological polar surface area (TPSA) is 24.1 Å². The molecule has 29 heavy (non-hydrogen) atoms. The van der Waals surface area contributed by atoms with Crippen molar-refractivity contribution in [2.24, 2.45) is 5.92 Å². The van der Waals surface area contributed by atoms with Crippen LogP contribution in [0.15, 0.2) is 73.1 Å². The van der Waals surface area contributed by atoms with Crippen LogP contribution in [0.1, 0.15) is 78.9 Å². The fraction of sp³-hybridized carbons (Fsp3) is 0.481. The third kappa shape index (κ3) is 7.97. The Bertz CT molecular complexity index is 764. The molecule has 160 valence electrons. The van der Waals surface area contributed by atoms with Gasteiger partial charge in [0.05, 0.1) is 11.1 Å². The SMILES string of the molecule is C=C(C)NC(C)(C)c1cccc(C(C)(C)NC(=C)CC(C)CCC(=C)C(=C)C)c1. The molecule has 0 spiro atoms. The van der Waals surface area contributed by atoms with Gasteiger partial charge in [0.25, 0.3) is 0 Å². The van der Waals surface area contributed by atoms with E-state index in [0.717, 1.165) is 41.8 Å². The molecule has 2 nitrogen and oxygen atoms in total. The molecule has 0 aromatic heterocycles. The molecule has 0 saturated carbocycles. The Labute approximate surface area is 179 Å². The molecular formula is C27H42N2. The minimum absolute atomic E-state index is 0.172. The smallest absolute Gasteiger partial charge is 0.0566 e. The van der Waals surface area contributed by atoms with Gasteiger partial charge < -0.3 is 10.6 Å². The highest BCUT2D eigenvalue weighted by Gasteiger charge is 2.25. The molecule has 1 aromatic carbocycles. The predicted octanol–water partition coefficient (Wildman–Crippen LogP) is 7.32. The molecule has 0 heterocycles. The van der Waals surface area contributed by atoms with Gasteiger partial charge in [0.2, 0.25) is 0 Å². The minimum atomic E-state index is -0.201. The van der Waals surface area contributed by atoms with E-state index in [0.29, 0.717) is 5.92 Å². The fourth-order valence-corrected chi connectivity index (χ4v) is 3.62. The number of rotatable bonds is 12. The molecule has 2 N–H and O–H groups in total. The summed E-state index contributed by atoms with van der Waals surface area (Å²) in [5, 5.41) is 7.13. The summed E-state index contributed by atoms with van der Waals surface area (Å²) in [7, 11) is 0. The van der Waals surface area contributed by atoms with Crippen molar-refractivity contribution in [1.29, 1.82) is 0 Å². The normalized spacial score (nSPS) is 12.8. The van der Waals surface area contributed by atoms with Crippen molar-refractivity contribution in [1.82, 2.24) is 10.6 Å². The van der Waals surface area contributed by atoms with Gasteiger partial charge in [-0.25, -0.2) is 0 Å². The van der Waals surface area contributed by atoms with E-state index in [2.05, 4.69) is 95.8 Å². The summed E-state index contributed by atoms with van der Waals surface area (Å²) in [6, 6.07) is 8.75. The quantitative estimate of drug-likeness (QED) is 0.363. The first-order valence-corrected chi connectivity index (χ1v) is 10.6. The lowest BCUT2D eigenvalue weighted by atomic mass is 9.86. The van der Waals surface area contributed by atoms with Gasteiger partial charge in [0.1, 0.15) is 0 Å². The fourth-order valence-electron chi connectivity index (χ4n) is 3.62. The predicted molar refractivity (Wildman–Crippen MR) is 130 cm³/mol. The summed E-state index contributed by atoms with van der Waals surface area (Å²) < 4.78 is 0. The van der Waals surface area contributed by atoms with Gasteiger partial charge >= 0.3 is 0 Å². The van der Waals surface area contributed by atoms with Crippen molar-refractivity contribution in [3.8, 4) is 0 Å². The third-order valence-corrected chi connectivity index (χ3v) is 5.46. The van der Waals surface area contributed by atoms with E-state index >= 15 is 0 Å². The maximum absolute atomic E-state index is 4.30. The van der Waals surface area contributed by atoms with Crippen LogP contribution in [0.25, 0.3) is 0 Å². The number of nitrogens with one attached hydrogen (secondary N) is 2. The standard InChI is InChI=1S/C27H42N2/c1-19(2)22(6)16-15-21(5)17-23(7)29-27(10,11)25-14-12-13-24(18-25)26(8,9)28-20(3)4/h12-14,18,21,28-29H,1,3,6-7,15-17H2,2,4-5,8-11H3. The zero-order valence-corrected chi connectivity index (χ0v) is 19.8. The molecule has 0 amide bonds. The van der Waals surface area contributed by atoms with Crippen LogP contribution in [0.3, 0.4) is 0 Å². The number of benzene rings is 1. The number of allylic oxidation sites excluding steroid dienone is 4. The van der Waals surface area contributed by atoms with Crippen LogP contribution in [0.4, 0.5) is 0 Å². The average Bonchev–Trinajstić information content (AvgIpc) is 2.58. The first-order chi connectivity index (χ1) is 13.2. The van der Waals surface area contributed by atoms with Crippen LogP contribution >= 0.6 is 0 Å². The van der Waals surface area contributed by atoms with Crippen molar-refractivity contribution in [3.05, 3.63) is 84.2 Å². The largest absolute Gasteiger partial charge is 0.380 e. The van der Waals surface area contributed by atoms with Gasteiger partial charge in [-0.2, -0.15) is 0 Å². The average molecular weight is 395 g/mol. The van der Waals surface area contributed by atoms with Crippen LogP contribution in [0.5, 0.6) is 0 Å². The summed E-state index contributed by atoms with van der Waals surface area (Å²) >= 11 is 0. The lowest BCUT2D eigenvalue weighted by Crippen LogP contribution is -2.38. The summed E-state index contributed by atoms with van der Waals surface area (Å²) in [5.41, 5.74) is 6.39. The van der Waals surface area contributed by atoms with Crippen LogP contribution in [-0.4, -0.2) is 0 Å². The molecule has 1 rings (SSSR count). The molecule has 0 radical (unpaired) electrons. The summed E-state index contributed by atoms with van der Waals surface area (Å²) in [6.07, 6.45) is 3.05. The second-order valence-electron chi connectivity index (χ2n) is 9.70. The van der Waals surface area contributed by atoms with E-state index in [4.69, 9.17) is 0 Å². The first kappa shape index (κ1) is 24.8. The Morgan fingerprint density at radius 2 is 1.45 bits per heavy atom. The zero-order chi connectivity index (χ0) is 22.4. The molecule has 0 aliphatic rings. The Kier molecular flexibility index (Phi) is 8.56. The molecule has 0 aliphatic carbocycles. The Morgan fingerprint density at radius 3 is 1.93 bits per heavy atom. The number of hydrogen-bond donors (Lipinski definition) is 2. The van der Waals surface area contributed by atoms with Crippen molar-refractivity contribution in [2.45, 2.75) is 78.8 Å². The lowest BCUT2D eigenvalue weighted by Gasteiger charge is -2.33. The van der Waals surface area contributed by atoms with E-state index in [1.807, 2.05) is 13.8 Å². The van der Waals surface area contributed by atoms with Crippen molar-refractivity contribution in [3.63, 3.8) is 0 Å². The Hall–Kier alpha value is -2.22. The second kappa shape index (κ2) is 10.0.